The van der Waals surface area contributed by atoms with Crippen molar-refractivity contribution in [1.29, 1.82) is 0 Å². The molecule has 0 unspecified atom stereocenters. The van der Waals surface area contributed by atoms with E-state index >= 15 is 0 Å². The number of nitrogens with zero attached hydrogens (tertiary/aromatic N) is 1. The summed E-state index contributed by atoms with van der Waals surface area (Å²) in [4.78, 5) is 4.96. The zero-order chi connectivity index (χ0) is 12.3. The van der Waals surface area contributed by atoms with E-state index in [1.54, 1.807) is 18.4 Å². The number of nitrogens with two attached hydrogens (primary N) is 1. The molecular weight excluding hydrogens is 252 g/mol. The lowest BCUT2D eigenvalue weighted by atomic mass is 10.1. The number of hydrogen-bond donors (Lipinski definition) is 1. The number of aromatic nitrogens is 1. The molecule has 2 rings (SSSR count). The molecule has 17 heavy (non-hydrogen) atoms. The second-order valence-electron chi connectivity index (χ2n) is 3.47. The van der Waals surface area contributed by atoms with E-state index in [4.69, 9.17) is 22.7 Å². The lowest BCUT2D eigenvalue weighted by molar-refractivity contribution is 0.416. The van der Waals surface area contributed by atoms with E-state index in [-0.39, 0.29) is 0 Å². The van der Waals surface area contributed by atoms with E-state index in [9.17, 15) is 0 Å². The summed E-state index contributed by atoms with van der Waals surface area (Å²) >= 11 is 6.43. The summed E-state index contributed by atoms with van der Waals surface area (Å²) in [6.45, 7) is 0. The Kier molecular flexibility index (Phi) is 3.71. The molecule has 0 spiro atoms. The first kappa shape index (κ1) is 12.0. The molecule has 0 aliphatic rings. The second kappa shape index (κ2) is 5.25. The number of rotatable bonds is 4. The molecule has 0 fully saturated rings. The van der Waals surface area contributed by atoms with Crippen LogP contribution in [0.5, 0.6) is 5.75 Å². The molecule has 2 aromatic rings. The van der Waals surface area contributed by atoms with Crippen LogP contribution in [0.1, 0.15) is 5.01 Å². The van der Waals surface area contributed by atoms with Crippen molar-refractivity contribution in [2.24, 2.45) is 5.73 Å². The quantitative estimate of drug-likeness (QED) is 0.862. The smallest absolute Gasteiger partial charge is 0.128 e. The molecule has 0 saturated heterocycles. The molecular formula is C12H12N2OS2. The summed E-state index contributed by atoms with van der Waals surface area (Å²) in [5.74, 6) is 0.819. The summed E-state index contributed by atoms with van der Waals surface area (Å²) in [5.41, 5.74) is 7.39. The lowest BCUT2D eigenvalue weighted by Gasteiger charge is -2.04. The van der Waals surface area contributed by atoms with Crippen molar-refractivity contribution >= 4 is 28.5 Å². The SMILES string of the molecule is COc1ccccc1-c1csc(CC(N)=S)n1. The van der Waals surface area contributed by atoms with Crippen LogP contribution in [-0.2, 0) is 6.42 Å². The van der Waals surface area contributed by atoms with Gasteiger partial charge in [-0.15, -0.1) is 11.3 Å². The first-order valence-corrected chi connectivity index (χ1v) is 6.35. The van der Waals surface area contributed by atoms with Gasteiger partial charge in [-0.2, -0.15) is 0 Å². The van der Waals surface area contributed by atoms with Crippen LogP contribution in [0.3, 0.4) is 0 Å². The fourth-order valence-corrected chi connectivity index (χ4v) is 2.57. The summed E-state index contributed by atoms with van der Waals surface area (Å²) in [6, 6.07) is 7.80. The van der Waals surface area contributed by atoms with E-state index in [1.165, 1.54) is 0 Å². The summed E-state index contributed by atoms with van der Waals surface area (Å²) in [5, 5.41) is 2.92. The highest BCUT2D eigenvalue weighted by Crippen LogP contribution is 2.30. The van der Waals surface area contributed by atoms with Gasteiger partial charge >= 0.3 is 0 Å². The molecule has 0 radical (unpaired) electrons. The van der Waals surface area contributed by atoms with Crippen molar-refractivity contribution in [3.05, 3.63) is 34.7 Å². The Morgan fingerprint density at radius 2 is 2.24 bits per heavy atom. The number of ether oxygens (including phenoxy) is 1. The van der Waals surface area contributed by atoms with Gasteiger partial charge in [-0.3, -0.25) is 0 Å². The van der Waals surface area contributed by atoms with E-state index in [0.717, 1.165) is 22.0 Å². The molecule has 5 heteroatoms. The number of methoxy groups -OCH3 is 1. The van der Waals surface area contributed by atoms with E-state index in [1.807, 2.05) is 29.6 Å². The van der Waals surface area contributed by atoms with Crippen molar-refractivity contribution in [2.45, 2.75) is 6.42 Å². The van der Waals surface area contributed by atoms with Gasteiger partial charge in [0.15, 0.2) is 0 Å². The average Bonchev–Trinajstić information content (AvgIpc) is 2.76. The van der Waals surface area contributed by atoms with Crippen molar-refractivity contribution in [3.8, 4) is 17.0 Å². The number of thiocarbonyl (C=S) groups is 1. The number of para-hydroxylation sites is 1. The molecule has 3 nitrogen and oxygen atoms in total. The molecule has 2 N–H and O–H groups in total. The maximum absolute atomic E-state index is 5.50. The minimum Gasteiger partial charge on any atom is -0.496 e. The number of thiazole rings is 1. The van der Waals surface area contributed by atoms with Gasteiger partial charge in [0.1, 0.15) is 5.75 Å². The molecule has 0 saturated carbocycles. The van der Waals surface area contributed by atoms with Gasteiger partial charge in [-0.25, -0.2) is 4.98 Å². The second-order valence-corrected chi connectivity index (χ2v) is 4.94. The highest BCUT2D eigenvalue weighted by Gasteiger charge is 2.09. The standard InChI is InChI=1S/C12H12N2OS2/c1-15-10-5-3-2-4-8(10)9-7-17-12(14-9)6-11(13)16/h2-5,7H,6H2,1H3,(H2,13,16). The van der Waals surface area contributed by atoms with Crippen molar-refractivity contribution < 1.29 is 4.74 Å². The van der Waals surface area contributed by atoms with Crippen LogP contribution in [0.4, 0.5) is 0 Å². The summed E-state index contributed by atoms with van der Waals surface area (Å²) in [6.07, 6.45) is 0.551. The van der Waals surface area contributed by atoms with Crippen LogP contribution in [0, 0.1) is 0 Å². The Morgan fingerprint density at radius 1 is 1.47 bits per heavy atom. The van der Waals surface area contributed by atoms with Crippen LogP contribution in [0.15, 0.2) is 29.6 Å². The number of hydrogen-bond acceptors (Lipinski definition) is 4. The summed E-state index contributed by atoms with van der Waals surface area (Å²) in [7, 11) is 1.65. The fourth-order valence-electron chi connectivity index (χ4n) is 1.52. The van der Waals surface area contributed by atoms with Crippen LogP contribution >= 0.6 is 23.6 Å². The van der Waals surface area contributed by atoms with Gasteiger partial charge in [0, 0.05) is 17.4 Å². The van der Waals surface area contributed by atoms with Gasteiger partial charge in [0.2, 0.25) is 0 Å². The molecule has 88 valence electrons. The Morgan fingerprint density at radius 3 is 2.94 bits per heavy atom. The first-order chi connectivity index (χ1) is 8.20. The Bertz CT molecular complexity index is 537. The van der Waals surface area contributed by atoms with Crippen LogP contribution in [0.2, 0.25) is 0 Å². The molecule has 0 atom stereocenters. The van der Waals surface area contributed by atoms with E-state index in [0.29, 0.717) is 11.4 Å². The predicted octanol–water partition coefficient (Wildman–Crippen LogP) is 2.65. The lowest BCUT2D eigenvalue weighted by Crippen LogP contribution is -2.10. The van der Waals surface area contributed by atoms with Crippen LogP contribution in [-0.4, -0.2) is 17.1 Å². The minimum absolute atomic E-state index is 0.464. The predicted molar refractivity (Wildman–Crippen MR) is 74.6 cm³/mol. The Balaban J connectivity index is 2.33. The van der Waals surface area contributed by atoms with Gasteiger partial charge in [0.25, 0.3) is 0 Å². The molecule has 1 aromatic carbocycles. The van der Waals surface area contributed by atoms with Crippen molar-refractivity contribution in [3.63, 3.8) is 0 Å². The minimum atomic E-state index is 0.464. The van der Waals surface area contributed by atoms with Gasteiger partial charge in [0.05, 0.1) is 22.8 Å². The topological polar surface area (TPSA) is 48.1 Å². The van der Waals surface area contributed by atoms with Crippen LogP contribution < -0.4 is 10.5 Å². The Hall–Kier alpha value is -1.46. The highest BCUT2D eigenvalue weighted by atomic mass is 32.1. The normalized spacial score (nSPS) is 10.2. The Labute approximate surface area is 109 Å². The van der Waals surface area contributed by atoms with E-state index < -0.39 is 0 Å². The largest absolute Gasteiger partial charge is 0.496 e. The molecule has 0 aliphatic heterocycles. The zero-order valence-electron chi connectivity index (χ0n) is 9.34. The molecule has 0 amide bonds. The maximum atomic E-state index is 5.50. The maximum Gasteiger partial charge on any atom is 0.128 e. The first-order valence-electron chi connectivity index (χ1n) is 5.07. The third kappa shape index (κ3) is 2.81. The van der Waals surface area contributed by atoms with Crippen LogP contribution in [0.25, 0.3) is 11.3 Å². The van der Waals surface area contributed by atoms with Gasteiger partial charge in [-0.05, 0) is 12.1 Å². The number of benzene rings is 1. The van der Waals surface area contributed by atoms with Crippen molar-refractivity contribution in [1.82, 2.24) is 4.98 Å². The van der Waals surface area contributed by atoms with Crippen molar-refractivity contribution in [2.75, 3.05) is 7.11 Å². The molecule has 1 aromatic heterocycles. The highest BCUT2D eigenvalue weighted by molar-refractivity contribution is 7.80. The zero-order valence-corrected chi connectivity index (χ0v) is 11.0. The van der Waals surface area contributed by atoms with E-state index in [2.05, 4.69) is 4.98 Å². The van der Waals surface area contributed by atoms with Gasteiger partial charge in [-0.1, -0.05) is 24.4 Å². The molecule has 0 bridgehead atoms. The summed E-state index contributed by atoms with van der Waals surface area (Å²) < 4.78 is 5.30. The third-order valence-electron chi connectivity index (χ3n) is 2.26. The fraction of sp³-hybridized carbons (Fsp3) is 0.167. The third-order valence-corrected chi connectivity index (χ3v) is 3.25. The monoisotopic (exact) mass is 264 g/mol. The van der Waals surface area contributed by atoms with Gasteiger partial charge < -0.3 is 10.5 Å². The molecule has 0 aliphatic carbocycles. The average molecular weight is 264 g/mol. The molecule has 1 heterocycles.